The zero-order chi connectivity index (χ0) is 0. The van der Waals surface area contributed by atoms with Crippen LogP contribution in [0.5, 0.6) is 0 Å². The minimum absolute atomic E-state index is 0. The zero-order valence-corrected chi connectivity index (χ0v) is 8.56. The van der Waals surface area contributed by atoms with Crippen molar-refractivity contribution in [3.63, 3.8) is 0 Å². The van der Waals surface area contributed by atoms with Crippen LogP contribution < -0.4 is 0 Å². The fraction of sp³-hybridized carbons (Fsp3) is 0. The summed E-state index contributed by atoms with van der Waals surface area (Å²) in [7, 11) is 0. The van der Waals surface area contributed by atoms with E-state index in [2.05, 4.69) is 0 Å². The zero-order valence-electron chi connectivity index (χ0n) is 2.79. The molecule has 3 nitrogen and oxygen atoms in total. The third-order valence-electron chi connectivity index (χ3n) is 0. The van der Waals surface area contributed by atoms with Gasteiger partial charge in [0.05, 0.1) is 0 Å². The standard InChI is InChI=1S/3N.Si.Ta.Ti/q3*-3;;+5;+4. The van der Waals surface area contributed by atoms with Crippen LogP contribution in [0.25, 0.3) is 18.5 Å². The average molecular weight is 299 g/mol. The third-order valence-corrected chi connectivity index (χ3v) is 0. The first-order chi connectivity index (χ1) is 0. The van der Waals surface area contributed by atoms with Gasteiger partial charge in [-0.2, -0.15) is 0 Å². The molecule has 0 aromatic carbocycles. The normalized spacial score (nSPS) is 0. The van der Waals surface area contributed by atoms with Crippen molar-refractivity contribution < 1.29 is 44.1 Å². The Morgan fingerprint density at radius 2 is 0.667 bits per heavy atom. The summed E-state index contributed by atoms with van der Waals surface area (Å²) in [5, 5.41) is 0. The summed E-state index contributed by atoms with van der Waals surface area (Å²) in [6, 6.07) is 0. The largest absolute Gasteiger partial charge is 5.00 e. The summed E-state index contributed by atoms with van der Waals surface area (Å²) in [5.41, 5.74) is 0. The molecule has 0 N–H and O–H groups in total. The molecule has 0 aliphatic rings. The molecule has 0 atom stereocenters. The third kappa shape index (κ3) is 47.8. The molecule has 0 amide bonds. The van der Waals surface area contributed by atoms with Crippen LogP contribution in [0.4, 0.5) is 0 Å². The molecule has 4 radical (unpaired) electrons. The molecule has 0 bridgehead atoms. The Balaban J connectivity index is 0. The van der Waals surface area contributed by atoms with Crippen molar-refractivity contribution in [1.82, 2.24) is 0 Å². The van der Waals surface area contributed by atoms with Crippen molar-refractivity contribution in [2.75, 3.05) is 0 Å². The predicted octanol–water partition coefficient (Wildman–Crippen LogP) is 0.480. The Bertz CT molecular complexity index is 10.8. The maximum Gasteiger partial charge on any atom is 5.00 e. The van der Waals surface area contributed by atoms with Gasteiger partial charge in [-0.25, -0.2) is 0 Å². The van der Waals surface area contributed by atoms with E-state index in [0.29, 0.717) is 0 Å². The van der Waals surface area contributed by atoms with E-state index in [1.807, 2.05) is 0 Å². The van der Waals surface area contributed by atoms with Crippen molar-refractivity contribution in [1.29, 1.82) is 0 Å². The Kier molecular flexibility index (Phi) is 1880. The van der Waals surface area contributed by atoms with Crippen LogP contribution >= 0.6 is 0 Å². The van der Waals surface area contributed by atoms with Gasteiger partial charge in [-0.15, -0.1) is 0 Å². The molecule has 0 aliphatic heterocycles. The van der Waals surface area contributed by atoms with Crippen LogP contribution in [0.15, 0.2) is 0 Å². The molecule has 0 unspecified atom stereocenters. The summed E-state index contributed by atoms with van der Waals surface area (Å²) in [6.07, 6.45) is 0. The van der Waals surface area contributed by atoms with Crippen molar-refractivity contribution in [2.24, 2.45) is 0 Å². The van der Waals surface area contributed by atoms with Gasteiger partial charge in [0.1, 0.15) is 0 Å². The Morgan fingerprint density at radius 3 is 0.667 bits per heavy atom. The fourth-order valence-electron chi connectivity index (χ4n) is 0. The summed E-state index contributed by atoms with van der Waals surface area (Å²) < 4.78 is 0. The first-order valence-electron chi connectivity index (χ1n) is 0. The van der Waals surface area contributed by atoms with Crippen LogP contribution in [0, 0.1) is 0 Å². The van der Waals surface area contributed by atoms with Gasteiger partial charge in [0.15, 0.2) is 0 Å². The molecule has 0 saturated heterocycles. The SMILES string of the molecule is [N-3].[N-3].[N-3].[Si].[Ta+5].[Ti+4]. The molecule has 0 heterocycles. The summed E-state index contributed by atoms with van der Waals surface area (Å²) >= 11 is 0. The Hall–Kier alpha value is 1.55. The number of rotatable bonds is 0. The van der Waals surface area contributed by atoms with Gasteiger partial charge in [0, 0.05) is 11.0 Å². The predicted molar refractivity (Wildman–Crippen MR) is 15.8 cm³/mol. The smallest absolute Gasteiger partial charge is 3.00 e. The van der Waals surface area contributed by atoms with Gasteiger partial charge in [0.25, 0.3) is 0 Å². The van der Waals surface area contributed by atoms with E-state index >= 15 is 0 Å². The van der Waals surface area contributed by atoms with Crippen molar-refractivity contribution >= 4 is 11.0 Å². The van der Waals surface area contributed by atoms with Crippen LogP contribution in [0.2, 0.25) is 0 Å². The van der Waals surface area contributed by atoms with Crippen LogP contribution in [0.1, 0.15) is 0 Å². The van der Waals surface area contributed by atoms with E-state index in [1.165, 1.54) is 0 Å². The fourth-order valence-corrected chi connectivity index (χ4v) is 0. The summed E-state index contributed by atoms with van der Waals surface area (Å²) in [5.74, 6) is 0. The second kappa shape index (κ2) is 83.9. The van der Waals surface area contributed by atoms with E-state index in [4.69, 9.17) is 0 Å². The van der Waals surface area contributed by atoms with Crippen LogP contribution in [-0.4, -0.2) is 11.0 Å². The molecule has 6 heavy (non-hydrogen) atoms. The van der Waals surface area contributed by atoms with E-state index in [1.54, 1.807) is 0 Å². The van der Waals surface area contributed by atoms with E-state index in [0.717, 1.165) is 0 Å². The average Bonchev–Trinajstić information content (AvgIpc) is 0. The molecule has 0 saturated carbocycles. The minimum atomic E-state index is 0. The second-order valence-corrected chi connectivity index (χ2v) is 0. The molecule has 0 fully saturated rings. The number of hydrogen-bond acceptors (Lipinski definition) is 0. The van der Waals surface area contributed by atoms with Gasteiger partial charge in [-0.1, -0.05) is 0 Å². The quantitative estimate of drug-likeness (QED) is 0.582. The molecular formula is N3SiTaTi. The van der Waals surface area contributed by atoms with Crippen LogP contribution in [-0.2, 0) is 44.1 Å². The maximum absolute atomic E-state index is 0. The molecular weight excluding hydrogens is 299 g/mol. The van der Waals surface area contributed by atoms with Gasteiger partial charge in [-0.3, -0.25) is 0 Å². The first-order valence-corrected chi connectivity index (χ1v) is 0. The van der Waals surface area contributed by atoms with E-state index in [9.17, 15) is 0 Å². The van der Waals surface area contributed by atoms with Gasteiger partial charge in [0.2, 0.25) is 0 Å². The number of nitrogens with zero attached hydrogens (tertiary/aromatic N) is 3. The van der Waals surface area contributed by atoms with Crippen molar-refractivity contribution in [3.05, 3.63) is 18.5 Å². The molecule has 0 aliphatic carbocycles. The monoisotopic (exact) mass is 299 g/mol. The first kappa shape index (κ1) is 135. The van der Waals surface area contributed by atoms with Crippen LogP contribution in [0.3, 0.4) is 0 Å². The molecule has 6 heteroatoms. The molecule has 0 rings (SSSR count). The maximum atomic E-state index is 0. The summed E-state index contributed by atoms with van der Waals surface area (Å²) in [6.45, 7) is 0. The molecule has 0 aromatic rings. The number of hydrogen-bond donors (Lipinski definition) is 0. The van der Waals surface area contributed by atoms with Crippen molar-refractivity contribution in [3.8, 4) is 0 Å². The molecule has 0 spiro atoms. The van der Waals surface area contributed by atoms with Gasteiger partial charge >= 0.3 is 44.1 Å². The molecule has 0 aromatic heterocycles. The molecule has 28 valence electrons. The van der Waals surface area contributed by atoms with Gasteiger partial charge < -0.3 is 18.5 Å². The van der Waals surface area contributed by atoms with Gasteiger partial charge in [-0.05, 0) is 0 Å². The Morgan fingerprint density at radius 1 is 0.667 bits per heavy atom. The second-order valence-electron chi connectivity index (χ2n) is 0. The topological polar surface area (TPSA) is 91.5 Å². The summed E-state index contributed by atoms with van der Waals surface area (Å²) in [4.78, 5) is 0. The Labute approximate surface area is 73.2 Å². The van der Waals surface area contributed by atoms with E-state index in [-0.39, 0.29) is 73.5 Å². The minimum Gasteiger partial charge on any atom is -3.00 e. The van der Waals surface area contributed by atoms with E-state index < -0.39 is 0 Å². The van der Waals surface area contributed by atoms with Crippen molar-refractivity contribution in [2.45, 2.75) is 0 Å².